The number of hydrogen-bond acceptors (Lipinski definition) is 2. The topological polar surface area (TPSA) is 54.4 Å². The van der Waals surface area contributed by atoms with E-state index in [1.165, 1.54) is 6.92 Å². The fourth-order valence-electron chi connectivity index (χ4n) is 1.34. The number of carboxylic acids is 1. The normalized spacial score (nSPS) is 9.86. The standard InChI is InChI=1S/C11H12O3/c1-7-3-9(6-11(13)14)5-10(4-7)8(2)12/h3-5H,6H2,1-2H3,(H,13,14). The van der Waals surface area contributed by atoms with E-state index in [-0.39, 0.29) is 12.2 Å². The van der Waals surface area contributed by atoms with Gasteiger partial charge in [-0.15, -0.1) is 0 Å². The van der Waals surface area contributed by atoms with Crippen LogP contribution in [0.5, 0.6) is 0 Å². The minimum atomic E-state index is -0.884. The highest BCUT2D eigenvalue weighted by atomic mass is 16.4. The molecule has 0 spiro atoms. The van der Waals surface area contributed by atoms with Crippen molar-refractivity contribution in [1.29, 1.82) is 0 Å². The largest absolute Gasteiger partial charge is 0.481 e. The molecule has 0 aromatic heterocycles. The summed E-state index contributed by atoms with van der Waals surface area (Å²) in [6, 6.07) is 5.16. The fraction of sp³-hybridized carbons (Fsp3) is 0.273. The molecule has 0 bridgehead atoms. The lowest BCUT2D eigenvalue weighted by Gasteiger charge is -2.02. The lowest BCUT2D eigenvalue weighted by Crippen LogP contribution is -2.02. The Kier molecular flexibility index (Phi) is 3.02. The molecule has 3 nitrogen and oxygen atoms in total. The molecule has 0 saturated heterocycles. The summed E-state index contributed by atoms with van der Waals surface area (Å²) in [6.45, 7) is 3.32. The molecule has 1 aromatic carbocycles. The number of aryl methyl sites for hydroxylation is 1. The first-order valence-corrected chi connectivity index (χ1v) is 4.32. The first kappa shape index (κ1) is 10.4. The van der Waals surface area contributed by atoms with Crippen LogP contribution >= 0.6 is 0 Å². The van der Waals surface area contributed by atoms with Crippen LogP contribution in [0, 0.1) is 6.92 Å². The van der Waals surface area contributed by atoms with Crippen LogP contribution in [0.4, 0.5) is 0 Å². The molecule has 0 aliphatic rings. The average Bonchev–Trinajstić information content (AvgIpc) is 2.01. The van der Waals surface area contributed by atoms with Crippen LogP contribution in [0.25, 0.3) is 0 Å². The van der Waals surface area contributed by atoms with Gasteiger partial charge in [-0.1, -0.05) is 11.6 Å². The van der Waals surface area contributed by atoms with E-state index in [0.717, 1.165) is 5.56 Å². The fourth-order valence-corrected chi connectivity index (χ4v) is 1.34. The minimum absolute atomic E-state index is 0.0397. The van der Waals surface area contributed by atoms with E-state index >= 15 is 0 Å². The molecule has 1 rings (SSSR count). The third kappa shape index (κ3) is 2.69. The van der Waals surface area contributed by atoms with Gasteiger partial charge in [0.15, 0.2) is 5.78 Å². The van der Waals surface area contributed by atoms with Gasteiger partial charge in [-0.25, -0.2) is 0 Å². The lowest BCUT2D eigenvalue weighted by molar-refractivity contribution is -0.136. The van der Waals surface area contributed by atoms with E-state index in [4.69, 9.17) is 5.11 Å². The van der Waals surface area contributed by atoms with Crippen molar-refractivity contribution in [3.05, 3.63) is 34.9 Å². The summed E-state index contributed by atoms with van der Waals surface area (Å²) < 4.78 is 0. The van der Waals surface area contributed by atoms with E-state index < -0.39 is 5.97 Å². The van der Waals surface area contributed by atoms with Gasteiger partial charge in [0, 0.05) is 5.56 Å². The number of rotatable bonds is 3. The molecule has 1 N–H and O–H groups in total. The molecule has 1 aromatic rings. The molecule has 0 amide bonds. The van der Waals surface area contributed by atoms with Crippen LogP contribution < -0.4 is 0 Å². The van der Waals surface area contributed by atoms with E-state index in [9.17, 15) is 9.59 Å². The predicted molar refractivity (Wildman–Crippen MR) is 52.5 cm³/mol. The zero-order chi connectivity index (χ0) is 10.7. The van der Waals surface area contributed by atoms with Crippen LogP contribution in [-0.4, -0.2) is 16.9 Å². The van der Waals surface area contributed by atoms with Crippen LogP contribution in [0.3, 0.4) is 0 Å². The molecule has 0 aliphatic carbocycles. The van der Waals surface area contributed by atoms with Crippen molar-refractivity contribution in [2.24, 2.45) is 0 Å². The molecular weight excluding hydrogens is 180 g/mol. The van der Waals surface area contributed by atoms with Crippen molar-refractivity contribution in [3.8, 4) is 0 Å². The van der Waals surface area contributed by atoms with E-state index in [0.29, 0.717) is 11.1 Å². The molecular formula is C11H12O3. The third-order valence-electron chi connectivity index (χ3n) is 1.90. The highest BCUT2D eigenvalue weighted by Crippen LogP contribution is 2.11. The van der Waals surface area contributed by atoms with E-state index in [1.54, 1.807) is 18.2 Å². The molecule has 14 heavy (non-hydrogen) atoms. The number of ketones is 1. The Labute approximate surface area is 82.4 Å². The maximum atomic E-state index is 11.1. The number of Topliss-reactive ketones (excluding diaryl/α,β-unsaturated/α-hetero) is 1. The van der Waals surface area contributed by atoms with Gasteiger partial charge in [-0.3, -0.25) is 9.59 Å². The quantitative estimate of drug-likeness (QED) is 0.743. The Morgan fingerprint density at radius 1 is 1.29 bits per heavy atom. The molecule has 3 heteroatoms. The first-order valence-electron chi connectivity index (χ1n) is 4.32. The van der Waals surface area contributed by atoms with Crippen LogP contribution in [0.2, 0.25) is 0 Å². The first-order chi connectivity index (χ1) is 6.49. The van der Waals surface area contributed by atoms with Crippen LogP contribution in [0.15, 0.2) is 18.2 Å². The van der Waals surface area contributed by atoms with Crippen molar-refractivity contribution in [1.82, 2.24) is 0 Å². The number of benzene rings is 1. The number of hydrogen-bond donors (Lipinski definition) is 1. The van der Waals surface area contributed by atoms with E-state index in [1.807, 2.05) is 6.92 Å². The number of aliphatic carboxylic acids is 1. The summed E-state index contributed by atoms with van der Waals surface area (Å²) in [5.74, 6) is -0.926. The van der Waals surface area contributed by atoms with Crippen LogP contribution in [-0.2, 0) is 11.2 Å². The van der Waals surface area contributed by atoms with Gasteiger partial charge in [0.2, 0.25) is 0 Å². The van der Waals surface area contributed by atoms with Gasteiger partial charge < -0.3 is 5.11 Å². The van der Waals surface area contributed by atoms with Gasteiger partial charge in [-0.2, -0.15) is 0 Å². The number of carbonyl (C=O) groups excluding carboxylic acids is 1. The summed E-state index contributed by atoms with van der Waals surface area (Å²) in [4.78, 5) is 21.6. The Morgan fingerprint density at radius 3 is 2.43 bits per heavy atom. The maximum absolute atomic E-state index is 11.1. The highest BCUT2D eigenvalue weighted by Gasteiger charge is 2.05. The van der Waals surface area contributed by atoms with Gasteiger partial charge >= 0.3 is 5.97 Å². The summed E-state index contributed by atoms with van der Waals surface area (Å²) in [7, 11) is 0. The molecule has 0 atom stereocenters. The molecule has 0 unspecified atom stereocenters. The van der Waals surface area contributed by atoms with Gasteiger partial charge in [0.1, 0.15) is 0 Å². The smallest absolute Gasteiger partial charge is 0.307 e. The highest BCUT2D eigenvalue weighted by molar-refractivity contribution is 5.94. The summed E-state index contributed by atoms with van der Waals surface area (Å²) in [5, 5.41) is 8.60. The Bertz CT molecular complexity index is 380. The van der Waals surface area contributed by atoms with Gasteiger partial charge in [0.25, 0.3) is 0 Å². The summed E-state index contributed by atoms with van der Waals surface area (Å²) in [5.41, 5.74) is 2.15. The second-order valence-corrected chi connectivity index (χ2v) is 3.33. The average molecular weight is 192 g/mol. The van der Waals surface area contributed by atoms with Gasteiger partial charge in [0.05, 0.1) is 6.42 Å². The van der Waals surface area contributed by atoms with Crippen molar-refractivity contribution in [2.45, 2.75) is 20.3 Å². The van der Waals surface area contributed by atoms with Gasteiger partial charge in [-0.05, 0) is 31.5 Å². The minimum Gasteiger partial charge on any atom is -0.481 e. The Hall–Kier alpha value is -1.64. The number of carbonyl (C=O) groups is 2. The maximum Gasteiger partial charge on any atom is 0.307 e. The zero-order valence-electron chi connectivity index (χ0n) is 8.20. The zero-order valence-corrected chi connectivity index (χ0v) is 8.20. The molecule has 0 heterocycles. The summed E-state index contributed by atoms with van der Waals surface area (Å²) >= 11 is 0. The molecule has 0 saturated carbocycles. The Morgan fingerprint density at radius 2 is 1.93 bits per heavy atom. The molecule has 0 fully saturated rings. The van der Waals surface area contributed by atoms with Crippen molar-refractivity contribution in [3.63, 3.8) is 0 Å². The second-order valence-electron chi connectivity index (χ2n) is 3.33. The second kappa shape index (κ2) is 4.05. The molecule has 0 radical (unpaired) electrons. The molecule has 74 valence electrons. The van der Waals surface area contributed by atoms with Crippen molar-refractivity contribution >= 4 is 11.8 Å². The monoisotopic (exact) mass is 192 g/mol. The predicted octanol–water partition coefficient (Wildman–Crippen LogP) is 1.82. The summed E-state index contributed by atoms with van der Waals surface area (Å²) in [6.07, 6.45) is -0.0397. The SMILES string of the molecule is CC(=O)c1cc(C)cc(CC(=O)O)c1. The molecule has 0 aliphatic heterocycles. The lowest BCUT2D eigenvalue weighted by atomic mass is 10.0. The van der Waals surface area contributed by atoms with Crippen molar-refractivity contribution < 1.29 is 14.7 Å². The van der Waals surface area contributed by atoms with Crippen molar-refractivity contribution in [2.75, 3.05) is 0 Å². The third-order valence-corrected chi connectivity index (χ3v) is 1.90. The Balaban J connectivity index is 3.07. The van der Waals surface area contributed by atoms with Crippen LogP contribution in [0.1, 0.15) is 28.4 Å². The number of carboxylic acid groups (broad SMARTS) is 1. The van der Waals surface area contributed by atoms with E-state index in [2.05, 4.69) is 0 Å².